The molecule has 0 N–H and O–H groups in total. The molecular weight excluding hydrogens is 563 g/mol. The average molecular weight is 591 g/mol. The first kappa shape index (κ1) is 27.6. The van der Waals surface area contributed by atoms with E-state index in [0.29, 0.717) is 0 Å². The Bertz CT molecular complexity index is 1430. The summed E-state index contributed by atoms with van der Waals surface area (Å²) in [6.45, 7) is 6.47. The Hall–Kier alpha value is -1.96. The van der Waals surface area contributed by atoms with E-state index >= 15 is 0 Å². The average Bonchev–Trinajstić information content (AvgIpc) is 3.51. The van der Waals surface area contributed by atoms with Crippen molar-refractivity contribution in [2.24, 2.45) is 0 Å². The molecule has 0 nitrogen and oxygen atoms in total. The largest absolute Gasteiger partial charge is 0.168 e. The maximum atomic E-state index is 4.93. The normalized spacial score (nSPS) is 9.86. The summed E-state index contributed by atoms with van der Waals surface area (Å²) in [6, 6.07) is 40.9. The van der Waals surface area contributed by atoms with Gasteiger partial charge in [-0.2, -0.15) is 23.6 Å². The van der Waals surface area contributed by atoms with E-state index in [1.807, 2.05) is 0 Å². The van der Waals surface area contributed by atoms with E-state index in [9.17, 15) is 0 Å². The first-order valence-corrected chi connectivity index (χ1v) is 19.7. The number of halogens is 2. The fourth-order valence-corrected chi connectivity index (χ4v) is 4.15. The Morgan fingerprint density at radius 1 is 0.657 bits per heavy atom. The van der Waals surface area contributed by atoms with Gasteiger partial charge in [-0.05, 0) is 16.3 Å². The Morgan fingerprint density at radius 3 is 1.91 bits per heavy atom. The molecule has 0 bridgehead atoms. The zero-order chi connectivity index (χ0) is 25.0. The van der Waals surface area contributed by atoms with Crippen molar-refractivity contribution in [1.82, 2.24) is 0 Å². The van der Waals surface area contributed by atoms with Gasteiger partial charge in [0.05, 0.1) is 0 Å². The summed E-state index contributed by atoms with van der Waals surface area (Å²) < 4.78 is 0. The van der Waals surface area contributed by atoms with Gasteiger partial charge in [-0.3, -0.25) is 0 Å². The van der Waals surface area contributed by atoms with E-state index < -0.39 is 20.8 Å². The minimum absolute atomic E-state index is 0.826. The topological polar surface area (TPSA) is 0 Å². The van der Waals surface area contributed by atoms with Gasteiger partial charge in [-0.25, -0.2) is 0 Å². The zero-order valence-corrected chi connectivity index (χ0v) is 25.2. The standard InChI is InChI=1S/C20H15.C9H7.C2H6Si.2ClH.Zr/c1-14-12-16-8-5-11-19(20(16)13-14)18-10-4-7-15-6-2-3-9-17(15)18;1-2-5-9-7-3-6-8(9)4-1;1-3-2;;;/h2-13H,1H3;1-7H;1-2H3;2*1H;/q2*-1;;;;+4/p-2. The Kier molecular flexibility index (Phi) is 11.5. The van der Waals surface area contributed by atoms with Crippen molar-refractivity contribution in [3.8, 4) is 11.1 Å². The molecule has 4 heteroatoms. The van der Waals surface area contributed by atoms with Crippen molar-refractivity contribution in [1.29, 1.82) is 0 Å². The van der Waals surface area contributed by atoms with Crippen molar-refractivity contribution in [3.63, 3.8) is 0 Å². The van der Waals surface area contributed by atoms with Gasteiger partial charge in [-0.1, -0.05) is 80.2 Å². The second-order valence-corrected chi connectivity index (χ2v) is 12.8. The molecule has 0 saturated heterocycles. The van der Waals surface area contributed by atoms with Gasteiger partial charge in [-0.15, -0.1) is 64.2 Å². The van der Waals surface area contributed by atoms with Crippen LogP contribution in [0.4, 0.5) is 0 Å². The van der Waals surface area contributed by atoms with Crippen LogP contribution >= 0.6 is 17.0 Å². The molecule has 0 saturated carbocycles. The number of hydrogen-bond donors (Lipinski definition) is 0. The summed E-state index contributed by atoms with van der Waals surface area (Å²) in [5.74, 6) is 0. The van der Waals surface area contributed by atoms with Crippen LogP contribution in [0.2, 0.25) is 13.1 Å². The maximum absolute atomic E-state index is 4.93. The molecule has 174 valence electrons. The molecule has 6 aromatic carbocycles. The number of hydrogen-bond acceptors (Lipinski definition) is 0. The van der Waals surface area contributed by atoms with Crippen LogP contribution in [0.3, 0.4) is 0 Å². The molecule has 0 aliphatic rings. The van der Waals surface area contributed by atoms with Gasteiger partial charge >= 0.3 is 37.9 Å². The van der Waals surface area contributed by atoms with Crippen molar-refractivity contribution in [2.75, 3.05) is 0 Å². The van der Waals surface area contributed by atoms with Crippen LogP contribution in [0.5, 0.6) is 0 Å². The van der Waals surface area contributed by atoms with Crippen LogP contribution in [0.25, 0.3) is 43.4 Å². The minimum atomic E-state index is -0.826. The second kappa shape index (κ2) is 14.6. The molecule has 0 atom stereocenters. The quantitative estimate of drug-likeness (QED) is 0.132. The molecular formula is C31H28Cl2SiZr. The molecule has 0 aliphatic carbocycles. The summed E-state index contributed by atoms with van der Waals surface area (Å²) in [5.41, 5.74) is 3.97. The van der Waals surface area contributed by atoms with Crippen LogP contribution in [-0.2, 0) is 20.8 Å². The number of fused-ring (bicyclic) bond motifs is 3. The summed E-state index contributed by atoms with van der Waals surface area (Å²) in [7, 11) is 11.0. The SMILES string of the molecule is C[Si]C.Cc1cc2c(-c3cccc4ccccc34)cccc2[cH-]1.[Cl][Zr+2][Cl].c1ccc2[cH-]ccc2c1. The van der Waals surface area contributed by atoms with Gasteiger partial charge in [0.1, 0.15) is 0 Å². The van der Waals surface area contributed by atoms with E-state index in [0.717, 1.165) is 9.52 Å². The van der Waals surface area contributed by atoms with Crippen molar-refractivity contribution in [2.45, 2.75) is 20.0 Å². The third-order valence-corrected chi connectivity index (χ3v) is 5.52. The van der Waals surface area contributed by atoms with Gasteiger partial charge < -0.3 is 0 Å². The van der Waals surface area contributed by atoms with Gasteiger partial charge in [0, 0.05) is 9.52 Å². The first-order chi connectivity index (χ1) is 17.1. The summed E-state index contributed by atoms with van der Waals surface area (Å²) in [4.78, 5) is 0. The Labute approximate surface area is 230 Å². The molecule has 0 unspecified atom stereocenters. The first-order valence-electron chi connectivity index (χ1n) is 11.4. The molecule has 6 aromatic rings. The van der Waals surface area contributed by atoms with E-state index in [1.165, 1.54) is 49.0 Å². The number of rotatable bonds is 1. The Morgan fingerprint density at radius 2 is 1.20 bits per heavy atom. The van der Waals surface area contributed by atoms with Crippen LogP contribution < -0.4 is 0 Å². The zero-order valence-electron chi connectivity index (χ0n) is 20.2. The molecule has 35 heavy (non-hydrogen) atoms. The minimum Gasteiger partial charge on any atom is -0.168 e. The fraction of sp³-hybridized carbons (Fsp3) is 0.0968. The van der Waals surface area contributed by atoms with E-state index in [1.54, 1.807) is 0 Å². The van der Waals surface area contributed by atoms with Gasteiger partial charge in [0.15, 0.2) is 0 Å². The van der Waals surface area contributed by atoms with Crippen molar-refractivity contribution in [3.05, 3.63) is 121 Å². The molecule has 2 radical (unpaired) electrons. The predicted octanol–water partition coefficient (Wildman–Crippen LogP) is 10.4. The van der Waals surface area contributed by atoms with E-state index in [-0.39, 0.29) is 0 Å². The molecule has 0 fully saturated rings. The van der Waals surface area contributed by atoms with Crippen LogP contribution in [0.1, 0.15) is 5.56 Å². The van der Waals surface area contributed by atoms with E-state index in [2.05, 4.69) is 135 Å². The van der Waals surface area contributed by atoms with Crippen molar-refractivity contribution < 1.29 is 20.8 Å². The monoisotopic (exact) mass is 588 g/mol. The van der Waals surface area contributed by atoms with Crippen LogP contribution in [0, 0.1) is 6.92 Å². The molecule has 6 rings (SSSR count). The second-order valence-electron chi connectivity index (χ2n) is 8.09. The fourth-order valence-electron chi connectivity index (χ4n) is 4.15. The van der Waals surface area contributed by atoms with Crippen LogP contribution in [0.15, 0.2) is 115 Å². The molecule has 0 aromatic heterocycles. The Balaban J connectivity index is 0.000000189. The smallest absolute Gasteiger partial charge is 0.0809 e. The summed E-state index contributed by atoms with van der Waals surface area (Å²) >= 11 is -0.826. The molecule has 0 spiro atoms. The third kappa shape index (κ3) is 7.51. The van der Waals surface area contributed by atoms with Gasteiger partial charge in [0.2, 0.25) is 0 Å². The summed E-state index contributed by atoms with van der Waals surface area (Å²) in [5, 5.41) is 7.95. The predicted molar refractivity (Wildman–Crippen MR) is 156 cm³/mol. The maximum Gasteiger partial charge on any atom is -0.0809 e. The molecule has 0 amide bonds. The number of aryl methyl sites for hydroxylation is 1. The molecule has 0 aliphatic heterocycles. The van der Waals surface area contributed by atoms with Crippen LogP contribution in [-0.4, -0.2) is 9.52 Å². The van der Waals surface area contributed by atoms with E-state index in [4.69, 9.17) is 17.0 Å². The van der Waals surface area contributed by atoms with Crippen molar-refractivity contribution >= 4 is 58.9 Å². The number of benzene rings is 4. The van der Waals surface area contributed by atoms with Gasteiger partial charge in [0.25, 0.3) is 0 Å². The summed E-state index contributed by atoms with van der Waals surface area (Å²) in [6.07, 6.45) is 0. The molecule has 0 heterocycles. The third-order valence-electron chi connectivity index (χ3n) is 5.52.